The second-order valence-electron chi connectivity index (χ2n) is 8.31. The van der Waals surface area contributed by atoms with Gasteiger partial charge in [0.15, 0.2) is 5.13 Å². The molecular formula is C24H28N6O3S2. The normalized spacial score (nSPS) is 12.0. The SMILES string of the molecule is CCN(CCN(C)C)S(=O)(=O)c1cccc(CC(=O)Nc2nc(-c3c[nH]c4ncccc34)cs2)c1. The maximum atomic E-state index is 13.1. The number of carbonyl (C=O) groups excluding carboxylic acids is 1. The van der Waals surface area contributed by atoms with Crippen molar-refractivity contribution in [2.45, 2.75) is 18.2 Å². The molecule has 0 aliphatic rings. The number of nitrogens with zero attached hydrogens (tertiary/aromatic N) is 4. The van der Waals surface area contributed by atoms with Crippen LogP contribution in [0.15, 0.2) is 59.1 Å². The van der Waals surface area contributed by atoms with Crippen LogP contribution in [0.4, 0.5) is 5.13 Å². The van der Waals surface area contributed by atoms with Crippen LogP contribution in [0.25, 0.3) is 22.3 Å². The van der Waals surface area contributed by atoms with E-state index in [4.69, 9.17) is 0 Å². The molecule has 0 spiro atoms. The molecule has 184 valence electrons. The van der Waals surface area contributed by atoms with Crippen LogP contribution in [0, 0.1) is 0 Å². The maximum Gasteiger partial charge on any atom is 0.243 e. The zero-order valence-electron chi connectivity index (χ0n) is 19.9. The van der Waals surface area contributed by atoms with Crippen molar-refractivity contribution in [3.8, 4) is 11.3 Å². The first kappa shape index (κ1) is 25.0. The van der Waals surface area contributed by atoms with Crippen molar-refractivity contribution in [1.29, 1.82) is 0 Å². The number of likely N-dealkylation sites (N-methyl/N-ethyl adjacent to an activating group) is 2. The van der Waals surface area contributed by atoms with E-state index < -0.39 is 10.0 Å². The van der Waals surface area contributed by atoms with Gasteiger partial charge in [-0.2, -0.15) is 4.31 Å². The molecule has 0 aliphatic heterocycles. The maximum absolute atomic E-state index is 13.1. The van der Waals surface area contributed by atoms with Crippen molar-refractivity contribution < 1.29 is 13.2 Å². The van der Waals surface area contributed by atoms with Crippen LogP contribution in [0.1, 0.15) is 12.5 Å². The Morgan fingerprint density at radius 3 is 2.77 bits per heavy atom. The highest BCUT2D eigenvalue weighted by Crippen LogP contribution is 2.30. The third-order valence-electron chi connectivity index (χ3n) is 5.53. The van der Waals surface area contributed by atoms with E-state index in [1.54, 1.807) is 30.5 Å². The number of anilines is 1. The minimum absolute atomic E-state index is 0.0408. The average molecular weight is 513 g/mol. The fraction of sp³-hybridized carbons (Fsp3) is 0.292. The van der Waals surface area contributed by atoms with Gasteiger partial charge >= 0.3 is 0 Å². The first-order chi connectivity index (χ1) is 16.8. The van der Waals surface area contributed by atoms with Gasteiger partial charge in [-0.05, 0) is 43.9 Å². The lowest BCUT2D eigenvalue weighted by Gasteiger charge is -2.22. The summed E-state index contributed by atoms with van der Waals surface area (Å²) in [4.78, 5) is 26.8. The van der Waals surface area contributed by atoms with Gasteiger partial charge in [-0.3, -0.25) is 4.79 Å². The lowest BCUT2D eigenvalue weighted by Crippen LogP contribution is -2.36. The minimum Gasteiger partial charge on any atom is -0.345 e. The molecule has 35 heavy (non-hydrogen) atoms. The van der Waals surface area contributed by atoms with Gasteiger partial charge < -0.3 is 15.2 Å². The van der Waals surface area contributed by atoms with Gasteiger partial charge in [-0.25, -0.2) is 18.4 Å². The number of fused-ring (bicyclic) bond motifs is 1. The quantitative estimate of drug-likeness (QED) is 0.337. The van der Waals surface area contributed by atoms with Crippen LogP contribution in [0.5, 0.6) is 0 Å². The number of benzene rings is 1. The van der Waals surface area contributed by atoms with E-state index in [0.29, 0.717) is 30.3 Å². The largest absolute Gasteiger partial charge is 0.345 e. The number of aromatic amines is 1. The predicted molar refractivity (Wildman–Crippen MR) is 139 cm³/mol. The van der Waals surface area contributed by atoms with Crippen molar-refractivity contribution in [3.05, 3.63) is 59.7 Å². The van der Waals surface area contributed by atoms with Crippen LogP contribution < -0.4 is 5.32 Å². The second-order valence-corrected chi connectivity index (χ2v) is 11.1. The Bertz CT molecular complexity index is 1430. The highest BCUT2D eigenvalue weighted by molar-refractivity contribution is 7.89. The van der Waals surface area contributed by atoms with Crippen LogP contribution in [-0.4, -0.2) is 72.2 Å². The molecule has 1 aromatic carbocycles. The molecule has 3 aromatic heterocycles. The number of amides is 1. The molecule has 3 heterocycles. The summed E-state index contributed by atoms with van der Waals surface area (Å²) < 4.78 is 27.7. The first-order valence-electron chi connectivity index (χ1n) is 11.2. The summed E-state index contributed by atoms with van der Waals surface area (Å²) >= 11 is 1.33. The summed E-state index contributed by atoms with van der Waals surface area (Å²) in [5.74, 6) is -0.263. The van der Waals surface area contributed by atoms with Crippen LogP contribution in [-0.2, 0) is 21.2 Å². The first-order valence-corrected chi connectivity index (χ1v) is 13.5. The third kappa shape index (κ3) is 5.76. The Kier molecular flexibility index (Phi) is 7.60. The van der Waals surface area contributed by atoms with E-state index in [9.17, 15) is 13.2 Å². The Labute approximate surface area is 208 Å². The van der Waals surface area contributed by atoms with Gasteiger partial charge in [0.05, 0.1) is 17.0 Å². The number of hydrogen-bond donors (Lipinski definition) is 2. The molecular weight excluding hydrogens is 484 g/mol. The zero-order valence-corrected chi connectivity index (χ0v) is 21.5. The molecule has 0 aliphatic carbocycles. The average Bonchev–Trinajstić information content (AvgIpc) is 3.46. The number of carbonyl (C=O) groups is 1. The Morgan fingerprint density at radius 2 is 2.00 bits per heavy atom. The Balaban J connectivity index is 1.44. The smallest absolute Gasteiger partial charge is 0.243 e. The van der Waals surface area contributed by atoms with Gasteiger partial charge in [-0.15, -0.1) is 11.3 Å². The molecule has 0 saturated heterocycles. The summed E-state index contributed by atoms with van der Waals surface area (Å²) in [6, 6.07) is 10.4. The molecule has 0 atom stereocenters. The van der Waals surface area contributed by atoms with E-state index in [1.165, 1.54) is 15.6 Å². The van der Waals surface area contributed by atoms with Crippen molar-refractivity contribution in [3.63, 3.8) is 0 Å². The molecule has 4 aromatic rings. The summed E-state index contributed by atoms with van der Waals surface area (Å²) in [7, 11) is 0.164. The molecule has 0 bridgehead atoms. The Hall–Kier alpha value is -3.12. The van der Waals surface area contributed by atoms with Gasteiger partial charge in [0, 0.05) is 48.4 Å². The summed E-state index contributed by atoms with van der Waals surface area (Å²) in [6.07, 6.45) is 3.61. The third-order valence-corrected chi connectivity index (χ3v) is 8.26. The highest BCUT2D eigenvalue weighted by Gasteiger charge is 2.23. The summed E-state index contributed by atoms with van der Waals surface area (Å²) in [6.45, 7) is 3.22. The molecule has 1 amide bonds. The number of aromatic nitrogens is 3. The van der Waals surface area contributed by atoms with Crippen molar-refractivity contribution in [2.24, 2.45) is 0 Å². The minimum atomic E-state index is -3.65. The molecule has 0 fully saturated rings. The standard InChI is InChI=1S/C24H28N6O3S2/c1-4-30(12-11-29(2)3)35(32,33)18-8-5-7-17(13-18)14-22(31)28-24-27-21(16-34-24)20-15-26-23-19(20)9-6-10-25-23/h5-10,13,15-16H,4,11-12,14H2,1-3H3,(H,25,26)(H,27,28,31). The number of thiazole rings is 1. The number of nitrogens with one attached hydrogen (secondary N) is 2. The van der Waals surface area contributed by atoms with Crippen LogP contribution >= 0.6 is 11.3 Å². The molecule has 0 radical (unpaired) electrons. The fourth-order valence-corrected chi connectivity index (χ4v) is 5.93. The Morgan fingerprint density at radius 1 is 1.17 bits per heavy atom. The summed E-state index contributed by atoms with van der Waals surface area (Å²) in [5.41, 5.74) is 3.05. The second kappa shape index (κ2) is 10.6. The predicted octanol–water partition coefficient (Wildman–Crippen LogP) is 3.44. The van der Waals surface area contributed by atoms with E-state index in [-0.39, 0.29) is 17.2 Å². The van der Waals surface area contributed by atoms with Crippen LogP contribution in [0.3, 0.4) is 0 Å². The van der Waals surface area contributed by atoms with Crippen molar-refractivity contribution >= 4 is 43.4 Å². The van der Waals surface area contributed by atoms with Gasteiger partial charge in [0.1, 0.15) is 5.65 Å². The molecule has 2 N–H and O–H groups in total. The monoisotopic (exact) mass is 512 g/mol. The van der Waals surface area contributed by atoms with E-state index in [2.05, 4.69) is 20.3 Å². The topological polar surface area (TPSA) is 111 Å². The molecule has 0 unspecified atom stereocenters. The zero-order chi connectivity index (χ0) is 25.0. The summed E-state index contributed by atoms with van der Waals surface area (Å²) in [5, 5.41) is 6.14. The van der Waals surface area contributed by atoms with Gasteiger partial charge in [0.25, 0.3) is 0 Å². The van der Waals surface area contributed by atoms with Crippen molar-refractivity contribution in [1.82, 2.24) is 24.2 Å². The van der Waals surface area contributed by atoms with Gasteiger partial charge in [0.2, 0.25) is 15.9 Å². The van der Waals surface area contributed by atoms with E-state index in [1.807, 2.05) is 49.6 Å². The fourth-order valence-electron chi connectivity index (χ4n) is 3.70. The number of H-pyrrole nitrogens is 1. The van der Waals surface area contributed by atoms with E-state index >= 15 is 0 Å². The van der Waals surface area contributed by atoms with Crippen molar-refractivity contribution in [2.75, 3.05) is 39.0 Å². The lowest BCUT2D eigenvalue weighted by atomic mass is 10.1. The molecule has 0 saturated carbocycles. The number of rotatable bonds is 10. The number of hydrogen-bond acceptors (Lipinski definition) is 7. The number of sulfonamides is 1. The van der Waals surface area contributed by atoms with Gasteiger partial charge in [-0.1, -0.05) is 19.1 Å². The molecule has 11 heteroatoms. The van der Waals surface area contributed by atoms with Crippen LogP contribution in [0.2, 0.25) is 0 Å². The molecule has 9 nitrogen and oxygen atoms in total. The number of pyridine rings is 1. The van der Waals surface area contributed by atoms with E-state index in [0.717, 1.165) is 22.3 Å². The highest BCUT2D eigenvalue weighted by atomic mass is 32.2. The lowest BCUT2D eigenvalue weighted by molar-refractivity contribution is -0.115. The molecule has 4 rings (SSSR count).